The number of aromatic nitrogens is 2. The summed E-state index contributed by atoms with van der Waals surface area (Å²) in [6.45, 7) is 3.77. The number of likely N-dealkylation sites (N-methyl/N-ethyl adjacent to an activating group) is 1. The highest BCUT2D eigenvalue weighted by Gasteiger charge is 2.10. The Bertz CT molecular complexity index is 737. The van der Waals surface area contributed by atoms with Crippen LogP contribution in [-0.2, 0) is 17.8 Å². The van der Waals surface area contributed by atoms with Crippen LogP contribution in [0.15, 0.2) is 60.8 Å². The summed E-state index contributed by atoms with van der Waals surface area (Å²) in [5.41, 5.74) is 2.15. The van der Waals surface area contributed by atoms with Gasteiger partial charge in [-0.1, -0.05) is 6.07 Å². The predicted molar refractivity (Wildman–Crippen MR) is 95.0 cm³/mol. The number of carbonyl (C=O) groups excluding carboxylic acids is 1. The average Bonchev–Trinajstić information content (AvgIpc) is 2.68. The minimum absolute atomic E-state index is 0.0977. The van der Waals surface area contributed by atoms with Gasteiger partial charge in [-0.25, -0.2) is 0 Å². The first-order valence-electron chi connectivity index (χ1n) is 8.15. The maximum atomic E-state index is 12.2. The van der Waals surface area contributed by atoms with Gasteiger partial charge in [-0.2, -0.15) is 5.26 Å². The predicted octanol–water partition coefficient (Wildman–Crippen LogP) is 2.06. The first kappa shape index (κ1) is 18.1. The van der Waals surface area contributed by atoms with Crippen molar-refractivity contribution in [2.24, 2.45) is 0 Å². The van der Waals surface area contributed by atoms with Gasteiger partial charge in [-0.15, -0.1) is 0 Å². The molecule has 0 saturated heterocycles. The van der Waals surface area contributed by atoms with E-state index >= 15 is 0 Å². The van der Waals surface area contributed by atoms with E-state index in [1.54, 1.807) is 37.1 Å². The Kier molecular flexibility index (Phi) is 7.13. The van der Waals surface area contributed by atoms with Crippen LogP contribution in [-0.4, -0.2) is 33.9 Å². The van der Waals surface area contributed by atoms with Crippen molar-refractivity contribution in [2.75, 3.05) is 13.1 Å². The van der Waals surface area contributed by atoms with Gasteiger partial charge in [-0.05, 0) is 42.7 Å². The standard InChI is InChI=1S/C19H21N5O/c1-2-24(11-7-16-5-9-21-10-6-16)15-18(12-20)19(25)23-14-17-4-3-8-22-13-17/h3-6,8-10,13,15H,2,7,11,14H2,1H3,(H,23,25)/b18-15-. The Morgan fingerprint density at radius 3 is 2.68 bits per heavy atom. The molecule has 2 aromatic heterocycles. The van der Waals surface area contributed by atoms with Crippen LogP contribution in [0.25, 0.3) is 0 Å². The molecule has 0 aliphatic heterocycles. The van der Waals surface area contributed by atoms with E-state index in [0.717, 1.165) is 18.5 Å². The molecular weight excluding hydrogens is 314 g/mol. The molecule has 0 fully saturated rings. The summed E-state index contributed by atoms with van der Waals surface area (Å²) in [6.07, 6.45) is 9.32. The highest BCUT2D eigenvalue weighted by Crippen LogP contribution is 2.04. The number of nitriles is 1. The zero-order valence-corrected chi connectivity index (χ0v) is 14.2. The van der Waals surface area contributed by atoms with Gasteiger partial charge in [0.2, 0.25) is 0 Å². The van der Waals surface area contributed by atoms with Gasteiger partial charge in [0, 0.05) is 50.6 Å². The van der Waals surface area contributed by atoms with Crippen LogP contribution in [0.2, 0.25) is 0 Å². The number of rotatable bonds is 8. The van der Waals surface area contributed by atoms with Gasteiger partial charge in [0.05, 0.1) is 0 Å². The Hall–Kier alpha value is -3.20. The molecule has 1 amide bonds. The third-order valence-corrected chi connectivity index (χ3v) is 3.70. The summed E-state index contributed by atoms with van der Waals surface area (Å²) in [4.78, 5) is 22.2. The molecule has 0 unspecified atom stereocenters. The zero-order chi connectivity index (χ0) is 17.9. The van der Waals surface area contributed by atoms with Crippen molar-refractivity contribution in [1.82, 2.24) is 20.2 Å². The summed E-state index contributed by atoms with van der Waals surface area (Å²) >= 11 is 0. The van der Waals surface area contributed by atoms with Crippen LogP contribution in [0.4, 0.5) is 0 Å². The second-order valence-electron chi connectivity index (χ2n) is 5.43. The van der Waals surface area contributed by atoms with Gasteiger partial charge >= 0.3 is 0 Å². The van der Waals surface area contributed by atoms with Crippen molar-refractivity contribution < 1.29 is 4.79 Å². The molecule has 2 aromatic rings. The fraction of sp³-hybridized carbons (Fsp3) is 0.263. The fourth-order valence-electron chi connectivity index (χ4n) is 2.24. The summed E-state index contributed by atoms with van der Waals surface area (Å²) in [5, 5.41) is 12.0. The Balaban J connectivity index is 1.93. The number of amides is 1. The molecular formula is C19H21N5O. The second kappa shape index (κ2) is 9.83. The van der Waals surface area contributed by atoms with E-state index in [0.29, 0.717) is 13.1 Å². The number of carbonyl (C=O) groups is 1. The Labute approximate surface area is 147 Å². The number of nitrogens with one attached hydrogen (secondary N) is 1. The lowest BCUT2D eigenvalue weighted by Gasteiger charge is -2.18. The van der Waals surface area contributed by atoms with E-state index < -0.39 is 0 Å². The van der Waals surface area contributed by atoms with Crippen molar-refractivity contribution in [1.29, 1.82) is 5.26 Å². The monoisotopic (exact) mass is 335 g/mol. The van der Waals surface area contributed by atoms with Gasteiger partial charge in [-0.3, -0.25) is 14.8 Å². The highest BCUT2D eigenvalue weighted by molar-refractivity contribution is 5.97. The average molecular weight is 335 g/mol. The highest BCUT2D eigenvalue weighted by atomic mass is 16.1. The van der Waals surface area contributed by atoms with Crippen molar-refractivity contribution >= 4 is 5.91 Å². The molecule has 25 heavy (non-hydrogen) atoms. The number of hydrogen-bond donors (Lipinski definition) is 1. The van der Waals surface area contributed by atoms with Gasteiger partial charge in [0.25, 0.3) is 5.91 Å². The molecule has 0 spiro atoms. The van der Waals surface area contributed by atoms with E-state index in [1.165, 1.54) is 5.56 Å². The Morgan fingerprint density at radius 1 is 1.24 bits per heavy atom. The first-order chi connectivity index (χ1) is 12.2. The summed E-state index contributed by atoms with van der Waals surface area (Å²) in [6, 6.07) is 9.58. The molecule has 0 aromatic carbocycles. The number of pyridine rings is 2. The quantitative estimate of drug-likeness (QED) is 0.590. The van der Waals surface area contributed by atoms with E-state index in [9.17, 15) is 10.1 Å². The maximum Gasteiger partial charge on any atom is 0.263 e. The molecule has 128 valence electrons. The minimum Gasteiger partial charge on any atom is -0.376 e. The SMILES string of the molecule is CCN(/C=C(/C#N)C(=O)NCc1cccnc1)CCc1ccncc1. The van der Waals surface area contributed by atoms with Crippen LogP contribution < -0.4 is 5.32 Å². The lowest BCUT2D eigenvalue weighted by molar-refractivity contribution is -0.117. The maximum absolute atomic E-state index is 12.2. The molecule has 6 nitrogen and oxygen atoms in total. The van der Waals surface area contributed by atoms with Crippen LogP contribution in [0.3, 0.4) is 0 Å². The largest absolute Gasteiger partial charge is 0.376 e. The first-order valence-corrected chi connectivity index (χ1v) is 8.15. The summed E-state index contributed by atoms with van der Waals surface area (Å²) in [5.74, 6) is -0.381. The second-order valence-corrected chi connectivity index (χ2v) is 5.43. The van der Waals surface area contributed by atoms with Crippen molar-refractivity contribution in [3.63, 3.8) is 0 Å². The molecule has 0 saturated carbocycles. The molecule has 6 heteroatoms. The van der Waals surface area contributed by atoms with E-state index in [1.807, 2.05) is 36.1 Å². The summed E-state index contributed by atoms with van der Waals surface area (Å²) in [7, 11) is 0. The van der Waals surface area contributed by atoms with Crippen LogP contribution >= 0.6 is 0 Å². The molecule has 2 heterocycles. The van der Waals surface area contributed by atoms with Crippen LogP contribution in [0.1, 0.15) is 18.1 Å². The normalized spacial score (nSPS) is 10.8. The molecule has 0 radical (unpaired) electrons. The number of hydrogen-bond acceptors (Lipinski definition) is 5. The third-order valence-electron chi connectivity index (χ3n) is 3.70. The minimum atomic E-state index is -0.381. The van der Waals surface area contributed by atoms with E-state index in [-0.39, 0.29) is 11.5 Å². The molecule has 2 rings (SSSR count). The lowest BCUT2D eigenvalue weighted by Crippen LogP contribution is -2.27. The lowest BCUT2D eigenvalue weighted by atomic mass is 10.2. The molecule has 0 aliphatic rings. The van der Waals surface area contributed by atoms with Crippen molar-refractivity contribution in [3.05, 3.63) is 72.0 Å². The van der Waals surface area contributed by atoms with Crippen molar-refractivity contribution in [3.8, 4) is 6.07 Å². The van der Waals surface area contributed by atoms with Crippen LogP contribution in [0.5, 0.6) is 0 Å². The number of nitrogens with zero attached hydrogens (tertiary/aromatic N) is 4. The van der Waals surface area contributed by atoms with Crippen molar-refractivity contribution in [2.45, 2.75) is 19.9 Å². The molecule has 0 aliphatic carbocycles. The third kappa shape index (κ3) is 6.07. The topological polar surface area (TPSA) is 81.9 Å². The van der Waals surface area contributed by atoms with E-state index in [4.69, 9.17) is 0 Å². The molecule has 0 atom stereocenters. The van der Waals surface area contributed by atoms with Gasteiger partial charge in [0.1, 0.15) is 11.6 Å². The zero-order valence-electron chi connectivity index (χ0n) is 14.2. The fourth-order valence-corrected chi connectivity index (χ4v) is 2.24. The molecule has 0 bridgehead atoms. The van der Waals surface area contributed by atoms with E-state index in [2.05, 4.69) is 15.3 Å². The van der Waals surface area contributed by atoms with Gasteiger partial charge in [0.15, 0.2) is 0 Å². The van der Waals surface area contributed by atoms with Crippen LogP contribution in [0, 0.1) is 11.3 Å². The summed E-state index contributed by atoms with van der Waals surface area (Å²) < 4.78 is 0. The molecule has 1 N–H and O–H groups in total. The van der Waals surface area contributed by atoms with Gasteiger partial charge < -0.3 is 10.2 Å². The smallest absolute Gasteiger partial charge is 0.263 e. The Morgan fingerprint density at radius 2 is 2.04 bits per heavy atom.